The van der Waals surface area contributed by atoms with Crippen LogP contribution in [-0.4, -0.2) is 39.1 Å². The number of nitrogens with zero attached hydrogens (tertiary/aromatic N) is 3. The third-order valence-electron chi connectivity index (χ3n) is 4.31. The molecule has 0 spiro atoms. The quantitative estimate of drug-likeness (QED) is 0.676. The summed E-state index contributed by atoms with van der Waals surface area (Å²) >= 11 is 0. The number of hydrogen-bond donors (Lipinski definition) is 2. The van der Waals surface area contributed by atoms with Gasteiger partial charge in [-0.2, -0.15) is 0 Å². The lowest BCUT2D eigenvalue weighted by molar-refractivity contribution is 0.102. The van der Waals surface area contributed by atoms with Crippen molar-refractivity contribution in [2.24, 2.45) is 0 Å². The van der Waals surface area contributed by atoms with E-state index in [9.17, 15) is 4.79 Å². The molecule has 2 aromatic carbocycles. The fourth-order valence-electron chi connectivity index (χ4n) is 2.69. The van der Waals surface area contributed by atoms with Crippen LogP contribution >= 0.6 is 0 Å². The number of anilines is 5. The van der Waals surface area contributed by atoms with Crippen LogP contribution in [0.2, 0.25) is 0 Å². The number of rotatable bonds is 6. The first-order valence-electron chi connectivity index (χ1n) is 9.00. The Labute approximate surface area is 165 Å². The average molecular weight is 375 g/mol. The molecule has 2 N–H and O–H groups in total. The molecule has 6 heteroatoms. The monoisotopic (exact) mass is 375 g/mol. The second kappa shape index (κ2) is 8.43. The third-order valence-corrected chi connectivity index (χ3v) is 4.31. The molecule has 0 atom stereocenters. The highest BCUT2D eigenvalue weighted by Gasteiger charge is 2.08. The minimum atomic E-state index is -0.197. The Hall–Kier alpha value is -3.54. The van der Waals surface area contributed by atoms with Gasteiger partial charge in [-0.3, -0.25) is 9.78 Å². The summed E-state index contributed by atoms with van der Waals surface area (Å²) in [6.45, 7) is 0. The summed E-state index contributed by atoms with van der Waals surface area (Å²) in [5.74, 6) is -0.197. The number of pyridine rings is 1. The smallest absolute Gasteiger partial charge is 0.257 e. The maximum Gasteiger partial charge on any atom is 0.257 e. The fourth-order valence-corrected chi connectivity index (χ4v) is 2.69. The van der Waals surface area contributed by atoms with E-state index in [1.807, 2.05) is 86.5 Å². The molecule has 0 aliphatic heterocycles. The van der Waals surface area contributed by atoms with E-state index >= 15 is 0 Å². The topological polar surface area (TPSA) is 60.5 Å². The Balaban J connectivity index is 1.68. The lowest BCUT2D eigenvalue weighted by atomic mass is 10.2. The van der Waals surface area contributed by atoms with Gasteiger partial charge in [0.2, 0.25) is 0 Å². The molecule has 3 aromatic rings. The number of hydrogen-bond acceptors (Lipinski definition) is 5. The molecular weight excluding hydrogens is 350 g/mol. The minimum absolute atomic E-state index is 0.197. The van der Waals surface area contributed by atoms with E-state index in [1.165, 1.54) is 0 Å². The van der Waals surface area contributed by atoms with Crippen LogP contribution in [0.4, 0.5) is 28.4 Å². The molecule has 28 heavy (non-hydrogen) atoms. The van der Waals surface area contributed by atoms with Crippen LogP contribution in [0.25, 0.3) is 0 Å². The normalized spacial score (nSPS) is 10.3. The molecular formula is C22H25N5O. The molecule has 1 heterocycles. The zero-order valence-corrected chi connectivity index (χ0v) is 16.6. The van der Waals surface area contributed by atoms with Crippen molar-refractivity contribution in [1.82, 2.24) is 4.98 Å². The van der Waals surface area contributed by atoms with E-state index in [2.05, 4.69) is 15.6 Å². The second-order valence-electron chi connectivity index (χ2n) is 6.92. The van der Waals surface area contributed by atoms with Gasteiger partial charge in [0.15, 0.2) is 0 Å². The molecule has 1 amide bonds. The maximum atomic E-state index is 12.6. The third kappa shape index (κ3) is 4.79. The van der Waals surface area contributed by atoms with Crippen molar-refractivity contribution in [3.8, 4) is 0 Å². The number of amides is 1. The molecule has 0 bridgehead atoms. The van der Waals surface area contributed by atoms with Gasteiger partial charge in [0.1, 0.15) is 0 Å². The molecule has 3 rings (SSSR count). The molecule has 0 saturated carbocycles. The van der Waals surface area contributed by atoms with E-state index in [-0.39, 0.29) is 5.91 Å². The number of carbonyl (C=O) groups excluding carboxylic acids is 1. The summed E-state index contributed by atoms with van der Waals surface area (Å²) in [5.41, 5.74) is 5.13. The number of aromatic nitrogens is 1. The van der Waals surface area contributed by atoms with Gasteiger partial charge in [0.25, 0.3) is 5.91 Å². The first-order valence-corrected chi connectivity index (χ1v) is 9.00. The SMILES string of the molecule is CN(C)c1ccc(NC(=O)c2cncc(Nc3ccc(N(C)C)cc3)c2)cc1. The number of carbonyl (C=O) groups is 1. The van der Waals surface area contributed by atoms with Crippen LogP contribution in [-0.2, 0) is 0 Å². The van der Waals surface area contributed by atoms with E-state index < -0.39 is 0 Å². The predicted octanol–water partition coefficient (Wildman–Crippen LogP) is 4.21. The Bertz CT molecular complexity index is 934. The summed E-state index contributed by atoms with van der Waals surface area (Å²) in [6, 6.07) is 17.5. The zero-order chi connectivity index (χ0) is 20.1. The van der Waals surface area contributed by atoms with Gasteiger partial charge in [-0.05, 0) is 54.6 Å². The van der Waals surface area contributed by atoms with Crippen LogP contribution in [0.5, 0.6) is 0 Å². The summed E-state index contributed by atoms with van der Waals surface area (Å²) < 4.78 is 0. The van der Waals surface area contributed by atoms with Crippen LogP contribution in [0, 0.1) is 0 Å². The van der Waals surface area contributed by atoms with Crippen LogP contribution < -0.4 is 20.4 Å². The Morgan fingerprint density at radius 3 is 1.82 bits per heavy atom. The fraction of sp³-hybridized carbons (Fsp3) is 0.182. The lowest BCUT2D eigenvalue weighted by Gasteiger charge is -2.14. The van der Waals surface area contributed by atoms with Crippen molar-refractivity contribution in [2.75, 3.05) is 48.6 Å². The Kier molecular flexibility index (Phi) is 5.79. The van der Waals surface area contributed by atoms with Crippen molar-refractivity contribution in [3.05, 3.63) is 72.6 Å². The second-order valence-corrected chi connectivity index (χ2v) is 6.92. The largest absolute Gasteiger partial charge is 0.378 e. The molecule has 0 saturated heterocycles. The molecule has 6 nitrogen and oxygen atoms in total. The van der Waals surface area contributed by atoms with Crippen LogP contribution in [0.3, 0.4) is 0 Å². The molecule has 1 aromatic heterocycles. The molecule has 0 unspecified atom stereocenters. The summed E-state index contributed by atoms with van der Waals surface area (Å²) in [4.78, 5) is 20.8. The summed E-state index contributed by atoms with van der Waals surface area (Å²) in [6.07, 6.45) is 3.26. The highest BCUT2D eigenvalue weighted by atomic mass is 16.1. The molecule has 0 radical (unpaired) electrons. The first kappa shape index (κ1) is 19.2. The van der Waals surface area contributed by atoms with Gasteiger partial charge in [-0.1, -0.05) is 0 Å². The van der Waals surface area contributed by atoms with E-state index in [0.29, 0.717) is 5.56 Å². The van der Waals surface area contributed by atoms with Crippen molar-refractivity contribution in [1.29, 1.82) is 0 Å². The predicted molar refractivity (Wildman–Crippen MR) is 117 cm³/mol. The number of benzene rings is 2. The molecule has 0 aliphatic carbocycles. The lowest BCUT2D eigenvalue weighted by Crippen LogP contribution is -2.13. The van der Waals surface area contributed by atoms with E-state index in [4.69, 9.17) is 0 Å². The summed E-state index contributed by atoms with van der Waals surface area (Å²) in [5, 5.41) is 6.19. The van der Waals surface area contributed by atoms with Crippen molar-refractivity contribution >= 4 is 34.3 Å². The van der Waals surface area contributed by atoms with Gasteiger partial charge in [-0.25, -0.2) is 0 Å². The minimum Gasteiger partial charge on any atom is -0.378 e. The standard InChI is InChI=1S/C22H25N5O/c1-26(2)20-9-5-17(6-10-20)24-19-13-16(14-23-15-19)22(28)25-18-7-11-21(12-8-18)27(3)4/h5-15,24H,1-4H3,(H,25,28). The first-order chi connectivity index (χ1) is 13.4. The van der Waals surface area contributed by atoms with E-state index in [0.717, 1.165) is 28.4 Å². The average Bonchev–Trinajstić information content (AvgIpc) is 2.69. The van der Waals surface area contributed by atoms with E-state index in [1.54, 1.807) is 18.5 Å². The van der Waals surface area contributed by atoms with Crippen molar-refractivity contribution in [3.63, 3.8) is 0 Å². The van der Waals surface area contributed by atoms with Gasteiger partial charge >= 0.3 is 0 Å². The Morgan fingerprint density at radius 1 is 0.750 bits per heavy atom. The van der Waals surface area contributed by atoms with Gasteiger partial charge in [-0.15, -0.1) is 0 Å². The summed E-state index contributed by atoms with van der Waals surface area (Å²) in [7, 11) is 7.96. The van der Waals surface area contributed by atoms with Crippen LogP contribution in [0.15, 0.2) is 67.0 Å². The zero-order valence-electron chi connectivity index (χ0n) is 16.6. The van der Waals surface area contributed by atoms with Gasteiger partial charge in [0.05, 0.1) is 17.4 Å². The molecule has 0 fully saturated rings. The van der Waals surface area contributed by atoms with Gasteiger partial charge < -0.3 is 20.4 Å². The van der Waals surface area contributed by atoms with Gasteiger partial charge in [0, 0.05) is 57.1 Å². The van der Waals surface area contributed by atoms with Crippen molar-refractivity contribution in [2.45, 2.75) is 0 Å². The molecule has 144 valence electrons. The maximum absolute atomic E-state index is 12.6. The van der Waals surface area contributed by atoms with Crippen LogP contribution in [0.1, 0.15) is 10.4 Å². The van der Waals surface area contributed by atoms with Crippen molar-refractivity contribution < 1.29 is 4.79 Å². The highest BCUT2D eigenvalue weighted by Crippen LogP contribution is 2.21. The highest BCUT2D eigenvalue weighted by molar-refractivity contribution is 6.04. The molecule has 0 aliphatic rings. The Morgan fingerprint density at radius 2 is 1.29 bits per heavy atom. The number of nitrogens with one attached hydrogen (secondary N) is 2.